The van der Waals surface area contributed by atoms with Crippen molar-refractivity contribution in [2.45, 2.75) is 69.6 Å². The van der Waals surface area contributed by atoms with E-state index in [4.69, 9.17) is 9.47 Å². The number of aliphatic hydroxyl groups is 3. The molecule has 1 saturated heterocycles. The van der Waals surface area contributed by atoms with Gasteiger partial charge >= 0.3 is 23.9 Å². The Labute approximate surface area is 293 Å². The van der Waals surface area contributed by atoms with Gasteiger partial charge in [0.2, 0.25) is 0 Å². The highest BCUT2D eigenvalue weighted by molar-refractivity contribution is 5.76. The number of rotatable bonds is 20. The Bertz CT molecular complexity index is 1140. The van der Waals surface area contributed by atoms with Crippen LogP contribution in [-0.2, 0) is 30.3 Å². The van der Waals surface area contributed by atoms with Crippen molar-refractivity contribution >= 4 is 23.9 Å². The first-order chi connectivity index (χ1) is 24.0. The van der Waals surface area contributed by atoms with Gasteiger partial charge in [-0.2, -0.15) is 0 Å². The van der Waals surface area contributed by atoms with Crippen molar-refractivity contribution in [1.82, 2.24) is 19.6 Å². The molecule has 2 rings (SSSR count). The van der Waals surface area contributed by atoms with E-state index in [0.717, 1.165) is 37.0 Å². The number of nitrogens with zero attached hydrogens (tertiary/aromatic N) is 4. The normalized spacial score (nSPS) is 18.6. The lowest BCUT2D eigenvalue weighted by Gasteiger charge is -2.39. The van der Waals surface area contributed by atoms with Gasteiger partial charge in [0.1, 0.15) is 29.9 Å². The summed E-state index contributed by atoms with van der Waals surface area (Å²) in [5, 5.41) is 59.3. The van der Waals surface area contributed by atoms with E-state index in [1.807, 2.05) is 29.2 Å². The average Bonchev–Trinajstić information content (AvgIpc) is 3.08. The van der Waals surface area contributed by atoms with Crippen LogP contribution in [0.3, 0.4) is 0 Å². The zero-order valence-electron chi connectivity index (χ0n) is 29.3. The molecule has 0 saturated carbocycles. The number of carboxylic acids is 3. The summed E-state index contributed by atoms with van der Waals surface area (Å²) in [7, 11) is 1.28. The van der Waals surface area contributed by atoms with Gasteiger partial charge in [-0.05, 0) is 43.4 Å². The Kier molecular flexibility index (Phi) is 19.8. The lowest BCUT2D eigenvalue weighted by molar-refractivity contribution is -0.150. The molecule has 0 amide bonds. The molecule has 16 nitrogen and oxygen atoms in total. The van der Waals surface area contributed by atoms with Gasteiger partial charge in [-0.25, -0.2) is 0 Å². The van der Waals surface area contributed by atoms with Crippen molar-refractivity contribution in [2.75, 3.05) is 85.9 Å². The summed E-state index contributed by atoms with van der Waals surface area (Å²) in [4.78, 5) is 55.6. The van der Waals surface area contributed by atoms with Crippen LogP contribution in [0, 0.1) is 0 Å². The van der Waals surface area contributed by atoms with Crippen LogP contribution in [0.25, 0.3) is 0 Å². The molecule has 1 fully saturated rings. The maximum Gasteiger partial charge on any atom is 0.323 e. The summed E-state index contributed by atoms with van der Waals surface area (Å²) in [5.41, 5.74) is 1.12. The minimum Gasteiger partial charge on any atom is -0.494 e. The largest absolute Gasteiger partial charge is 0.494 e. The number of hydrogen-bond acceptors (Lipinski definition) is 13. The van der Waals surface area contributed by atoms with Gasteiger partial charge in [0.15, 0.2) is 0 Å². The number of ether oxygens (including phenoxy) is 2. The number of benzene rings is 1. The fourth-order valence-electron chi connectivity index (χ4n) is 6.11. The molecular formula is C34H56N4O12. The van der Waals surface area contributed by atoms with E-state index < -0.39 is 67.9 Å². The Hall–Kier alpha value is -3.38. The van der Waals surface area contributed by atoms with Gasteiger partial charge in [-0.15, -0.1) is 0 Å². The second-order valence-corrected chi connectivity index (χ2v) is 12.4. The van der Waals surface area contributed by atoms with E-state index in [1.165, 1.54) is 21.8 Å². The zero-order chi connectivity index (χ0) is 37.1. The van der Waals surface area contributed by atoms with E-state index in [-0.39, 0.29) is 52.4 Å². The molecule has 16 heteroatoms. The number of aryl methyl sites for hydroxylation is 1. The fourth-order valence-corrected chi connectivity index (χ4v) is 6.11. The molecule has 0 unspecified atom stereocenters. The standard InChI is InChI=1S/C34H56N4O12/c1-3-4-21-50-26-11-9-25(10-12-26)7-5-6-8-27(34(48)49-2)35-13-15-36(28(22-39)31(42)43)17-19-38(30(24-41)33(46)47)20-18-37(16-14-35)29(23-40)32(44)45/h9-12,27-30,39-41H,3-8,13-24H2,1-2H3,(H,42,43)(H,44,45)(H,46,47)/t27-,28-,29-,30-/m0/s1. The van der Waals surface area contributed by atoms with Crippen molar-refractivity contribution in [3.05, 3.63) is 29.8 Å². The molecule has 0 spiro atoms. The molecule has 284 valence electrons. The summed E-state index contributed by atoms with van der Waals surface area (Å²) >= 11 is 0. The van der Waals surface area contributed by atoms with Crippen LogP contribution in [0.2, 0.25) is 0 Å². The van der Waals surface area contributed by atoms with E-state index in [2.05, 4.69) is 6.92 Å². The molecule has 1 aliphatic rings. The van der Waals surface area contributed by atoms with Crippen LogP contribution in [0.4, 0.5) is 0 Å². The Morgan fingerprint density at radius 2 is 1.04 bits per heavy atom. The molecule has 0 radical (unpaired) electrons. The predicted molar refractivity (Wildman–Crippen MR) is 182 cm³/mol. The second-order valence-electron chi connectivity index (χ2n) is 12.4. The Morgan fingerprint density at radius 1 is 0.640 bits per heavy atom. The van der Waals surface area contributed by atoms with Gasteiger partial charge in [0.05, 0.1) is 33.5 Å². The second kappa shape index (κ2) is 23.2. The third-order valence-electron chi connectivity index (χ3n) is 9.19. The first-order valence-electron chi connectivity index (χ1n) is 17.3. The van der Waals surface area contributed by atoms with Crippen LogP contribution in [-0.4, -0.2) is 184 Å². The van der Waals surface area contributed by atoms with E-state index in [1.54, 1.807) is 0 Å². The molecule has 50 heavy (non-hydrogen) atoms. The van der Waals surface area contributed by atoms with E-state index in [0.29, 0.717) is 19.4 Å². The van der Waals surface area contributed by atoms with E-state index >= 15 is 0 Å². The van der Waals surface area contributed by atoms with Crippen molar-refractivity contribution < 1.29 is 59.3 Å². The number of methoxy groups -OCH3 is 1. The maximum atomic E-state index is 13.2. The third kappa shape index (κ3) is 13.7. The molecule has 1 aromatic rings. The summed E-state index contributed by atoms with van der Waals surface area (Å²) in [6.07, 6.45) is 4.61. The molecule has 1 aromatic carbocycles. The number of aliphatic carboxylic acids is 3. The molecule has 4 atom stereocenters. The minimum absolute atomic E-state index is 0.0111. The molecule has 0 aliphatic carbocycles. The number of carboxylic acid groups (broad SMARTS) is 3. The number of aliphatic hydroxyl groups excluding tert-OH is 3. The van der Waals surface area contributed by atoms with Crippen LogP contribution >= 0.6 is 0 Å². The van der Waals surface area contributed by atoms with Crippen molar-refractivity contribution in [2.24, 2.45) is 0 Å². The summed E-state index contributed by atoms with van der Waals surface area (Å²) in [6, 6.07) is 3.16. The van der Waals surface area contributed by atoms with Gasteiger partial charge in [-0.3, -0.25) is 38.8 Å². The number of unbranched alkanes of at least 4 members (excludes halogenated alkanes) is 2. The molecule has 6 N–H and O–H groups in total. The maximum absolute atomic E-state index is 13.2. The minimum atomic E-state index is -1.35. The first-order valence-corrected chi connectivity index (χ1v) is 17.3. The van der Waals surface area contributed by atoms with E-state index in [9.17, 15) is 49.8 Å². The van der Waals surface area contributed by atoms with Gasteiger partial charge in [0, 0.05) is 52.4 Å². The highest BCUT2D eigenvalue weighted by Gasteiger charge is 2.34. The van der Waals surface area contributed by atoms with Crippen LogP contribution in [0.1, 0.15) is 44.6 Å². The Morgan fingerprint density at radius 3 is 1.38 bits per heavy atom. The van der Waals surface area contributed by atoms with Crippen molar-refractivity contribution in [3.63, 3.8) is 0 Å². The lowest BCUT2D eigenvalue weighted by atomic mass is 10.0. The predicted octanol–water partition coefficient (Wildman–Crippen LogP) is -0.322. The van der Waals surface area contributed by atoms with Gasteiger partial charge in [0.25, 0.3) is 0 Å². The molecular weight excluding hydrogens is 656 g/mol. The quantitative estimate of drug-likeness (QED) is 0.0753. The topological polar surface area (TPSA) is 221 Å². The number of carbonyl (C=O) groups excluding carboxylic acids is 1. The fraction of sp³-hybridized carbons (Fsp3) is 0.706. The van der Waals surface area contributed by atoms with Crippen molar-refractivity contribution in [1.29, 1.82) is 0 Å². The number of carbonyl (C=O) groups is 4. The van der Waals surface area contributed by atoms with Gasteiger partial charge < -0.3 is 40.1 Å². The highest BCUT2D eigenvalue weighted by Crippen LogP contribution is 2.18. The highest BCUT2D eigenvalue weighted by atomic mass is 16.5. The number of hydrogen-bond donors (Lipinski definition) is 6. The monoisotopic (exact) mass is 712 g/mol. The van der Waals surface area contributed by atoms with Gasteiger partial charge in [-0.1, -0.05) is 31.9 Å². The Balaban J connectivity index is 2.32. The summed E-state index contributed by atoms with van der Waals surface area (Å²) < 4.78 is 10.9. The molecule has 1 aliphatic heterocycles. The smallest absolute Gasteiger partial charge is 0.323 e. The molecule has 0 bridgehead atoms. The van der Waals surface area contributed by atoms with Crippen molar-refractivity contribution in [3.8, 4) is 5.75 Å². The van der Waals surface area contributed by atoms with Crippen LogP contribution in [0.5, 0.6) is 5.75 Å². The zero-order valence-corrected chi connectivity index (χ0v) is 29.3. The number of esters is 1. The van der Waals surface area contributed by atoms with Crippen LogP contribution in [0.15, 0.2) is 24.3 Å². The molecule has 1 heterocycles. The van der Waals surface area contributed by atoms with Crippen LogP contribution < -0.4 is 4.74 Å². The summed E-state index contributed by atoms with van der Waals surface area (Å²) in [6.45, 7) is 0.906. The molecule has 0 aromatic heterocycles. The third-order valence-corrected chi connectivity index (χ3v) is 9.19. The first kappa shape index (κ1) is 42.8. The lowest BCUT2D eigenvalue weighted by Crippen LogP contribution is -2.57. The average molecular weight is 713 g/mol. The summed E-state index contributed by atoms with van der Waals surface area (Å²) in [5.74, 6) is -3.56. The SMILES string of the molecule is CCCCOc1ccc(CCCC[C@@H](C(=O)OC)N2CCN([C@@H](CO)C(=O)O)CCN([C@@H](CO)C(=O)O)CCN([C@@H](CO)C(=O)O)CC2)cc1.